The first-order chi connectivity index (χ1) is 16.5. The van der Waals surface area contributed by atoms with Crippen molar-refractivity contribution in [3.63, 3.8) is 0 Å². The minimum absolute atomic E-state index is 0.000296. The van der Waals surface area contributed by atoms with Gasteiger partial charge in [0.2, 0.25) is 5.91 Å². The van der Waals surface area contributed by atoms with E-state index in [1.54, 1.807) is 34.3 Å². The summed E-state index contributed by atoms with van der Waals surface area (Å²) in [5, 5.41) is 0. The van der Waals surface area contributed by atoms with Crippen LogP contribution in [0.25, 0.3) is 0 Å². The number of alkyl halides is 2. The summed E-state index contributed by atoms with van der Waals surface area (Å²) in [5.74, 6) is -0.979. The molecule has 34 heavy (non-hydrogen) atoms. The van der Waals surface area contributed by atoms with Crippen LogP contribution in [-0.2, 0) is 16.1 Å². The van der Waals surface area contributed by atoms with Crippen LogP contribution in [0.1, 0.15) is 41.6 Å². The van der Waals surface area contributed by atoms with Gasteiger partial charge in [0.25, 0.3) is 5.91 Å². The molecule has 0 aliphatic carbocycles. The van der Waals surface area contributed by atoms with Gasteiger partial charge < -0.3 is 19.3 Å². The van der Waals surface area contributed by atoms with Crippen LogP contribution >= 0.6 is 0 Å². The SMILES string of the molecule is O=C(c1ccccc1OC(F)F)N1CCCC(C(=O)N(Cc2cccnc2)CC2CCCO2)C1. The standard InChI is InChI=1S/C25H29F2N3O4/c26-25(27)34-22-10-2-1-9-21(22)24(32)29-12-4-7-19(16-29)23(31)30(17-20-8-5-13-33-20)15-18-6-3-11-28-14-18/h1-3,6,9-11,14,19-20,25H,4-5,7-8,12-13,15-17H2. The summed E-state index contributed by atoms with van der Waals surface area (Å²) in [5.41, 5.74) is 0.998. The Labute approximate surface area is 197 Å². The Balaban J connectivity index is 1.47. The zero-order chi connectivity index (χ0) is 23.9. The van der Waals surface area contributed by atoms with Gasteiger partial charge in [-0.3, -0.25) is 14.6 Å². The van der Waals surface area contributed by atoms with Crippen molar-refractivity contribution in [2.45, 2.75) is 44.9 Å². The zero-order valence-electron chi connectivity index (χ0n) is 18.9. The van der Waals surface area contributed by atoms with Crippen molar-refractivity contribution in [3.8, 4) is 5.75 Å². The van der Waals surface area contributed by atoms with Crippen molar-refractivity contribution in [1.29, 1.82) is 0 Å². The summed E-state index contributed by atoms with van der Waals surface area (Å²) in [4.78, 5) is 34.3. The number of likely N-dealkylation sites (tertiary alicyclic amines) is 1. The third-order valence-corrected chi connectivity index (χ3v) is 6.25. The number of piperidine rings is 1. The van der Waals surface area contributed by atoms with Crippen LogP contribution < -0.4 is 4.74 Å². The lowest BCUT2D eigenvalue weighted by atomic mass is 9.95. The molecule has 182 valence electrons. The third-order valence-electron chi connectivity index (χ3n) is 6.25. The van der Waals surface area contributed by atoms with Gasteiger partial charge in [0, 0.05) is 45.2 Å². The molecule has 9 heteroatoms. The largest absolute Gasteiger partial charge is 0.434 e. The van der Waals surface area contributed by atoms with Gasteiger partial charge in [-0.1, -0.05) is 18.2 Å². The van der Waals surface area contributed by atoms with E-state index in [9.17, 15) is 18.4 Å². The number of hydrogen-bond donors (Lipinski definition) is 0. The topological polar surface area (TPSA) is 72.0 Å². The molecule has 0 N–H and O–H groups in total. The zero-order valence-corrected chi connectivity index (χ0v) is 18.9. The Morgan fingerprint density at radius 1 is 1.18 bits per heavy atom. The maximum atomic E-state index is 13.6. The average Bonchev–Trinajstić information content (AvgIpc) is 3.37. The first-order valence-electron chi connectivity index (χ1n) is 11.6. The predicted octanol–water partition coefficient (Wildman–Crippen LogP) is 3.74. The van der Waals surface area contributed by atoms with E-state index in [0.717, 1.165) is 18.4 Å². The number of amides is 2. The molecular weight excluding hydrogens is 444 g/mol. The lowest BCUT2D eigenvalue weighted by molar-refractivity contribution is -0.139. The number of aromatic nitrogens is 1. The molecule has 4 rings (SSSR count). The molecule has 2 fully saturated rings. The highest BCUT2D eigenvalue weighted by molar-refractivity contribution is 5.97. The van der Waals surface area contributed by atoms with Gasteiger partial charge in [0.15, 0.2) is 0 Å². The van der Waals surface area contributed by atoms with Crippen LogP contribution in [0.15, 0.2) is 48.8 Å². The highest BCUT2D eigenvalue weighted by Crippen LogP contribution is 2.27. The van der Waals surface area contributed by atoms with Crippen LogP contribution in [-0.4, -0.2) is 65.6 Å². The molecular formula is C25H29F2N3O4. The van der Waals surface area contributed by atoms with Crippen molar-refractivity contribution >= 4 is 11.8 Å². The molecule has 0 saturated carbocycles. The van der Waals surface area contributed by atoms with Gasteiger partial charge in [-0.15, -0.1) is 0 Å². The molecule has 1 aromatic heterocycles. The number of carbonyl (C=O) groups excluding carboxylic acids is 2. The Morgan fingerprint density at radius 3 is 2.76 bits per heavy atom. The van der Waals surface area contributed by atoms with Crippen molar-refractivity contribution < 1.29 is 27.8 Å². The highest BCUT2D eigenvalue weighted by Gasteiger charge is 2.34. The van der Waals surface area contributed by atoms with Gasteiger partial charge >= 0.3 is 6.61 Å². The van der Waals surface area contributed by atoms with Crippen LogP contribution in [0.4, 0.5) is 8.78 Å². The average molecular weight is 474 g/mol. The van der Waals surface area contributed by atoms with E-state index in [0.29, 0.717) is 39.1 Å². The first kappa shape index (κ1) is 24.1. The number of ether oxygens (including phenoxy) is 2. The summed E-state index contributed by atoms with van der Waals surface area (Å²) in [7, 11) is 0. The molecule has 7 nitrogen and oxygen atoms in total. The summed E-state index contributed by atoms with van der Waals surface area (Å²) in [6, 6.07) is 9.73. The van der Waals surface area contributed by atoms with E-state index >= 15 is 0 Å². The molecule has 1 aromatic carbocycles. The molecule has 3 heterocycles. The fraction of sp³-hybridized carbons (Fsp3) is 0.480. The second kappa shape index (κ2) is 11.4. The number of halogens is 2. The molecule has 2 aliphatic heterocycles. The molecule has 2 saturated heterocycles. The van der Waals surface area contributed by atoms with Crippen molar-refractivity contribution in [1.82, 2.24) is 14.8 Å². The predicted molar refractivity (Wildman–Crippen MR) is 120 cm³/mol. The van der Waals surface area contributed by atoms with Crippen LogP contribution in [0.3, 0.4) is 0 Å². The summed E-state index contributed by atoms with van der Waals surface area (Å²) in [6.45, 7) is -0.727. The van der Waals surface area contributed by atoms with E-state index in [-0.39, 0.29) is 35.8 Å². The Hall–Kier alpha value is -3.07. The number of benzene rings is 1. The monoisotopic (exact) mass is 473 g/mol. The maximum Gasteiger partial charge on any atom is 0.387 e. The maximum absolute atomic E-state index is 13.6. The fourth-order valence-electron chi connectivity index (χ4n) is 4.61. The van der Waals surface area contributed by atoms with Gasteiger partial charge in [0.1, 0.15) is 5.75 Å². The van der Waals surface area contributed by atoms with Gasteiger partial charge in [-0.2, -0.15) is 8.78 Å². The highest BCUT2D eigenvalue weighted by atomic mass is 19.3. The van der Waals surface area contributed by atoms with E-state index in [4.69, 9.17) is 4.74 Å². The third kappa shape index (κ3) is 6.08. The second-order valence-corrected chi connectivity index (χ2v) is 8.68. The van der Waals surface area contributed by atoms with E-state index in [2.05, 4.69) is 9.72 Å². The quantitative estimate of drug-likeness (QED) is 0.584. The van der Waals surface area contributed by atoms with Crippen molar-refractivity contribution in [2.75, 3.05) is 26.2 Å². The number of para-hydroxylation sites is 1. The fourth-order valence-corrected chi connectivity index (χ4v) is 4.61. The minimum Gasteiger partial charge on any atom is -0.434 e. The summed E-state index contributed by atoms with van der Waals surface area (Å²) in [6.07, 6.45) is 6.63. The molecule has 2 atom stereocenters. The number of pyridine rings is 1. The number of nitrogens with zero attached hydrogens (tertiary/aromatic N) is 3. The molecule has 2 amide bonds. The van der Waals surface area contributed by atoms with Gasteiger partial charge in [0.05, 0.1) is 17.6 Å². The molecule has 2 unspecified atom stereocenters. The smallest absolute Gasteiger partial charge is 0.387 e. The number of rotatable bonds is 8. The number of carbonyl (C=O) groups is 2. The van der Waals surface area contributed by atoms with Crippen LogP contribution in [0, 0.1) is 5.92 Å². The van der Waals surface area contributed by atoms with E-state index in [1.165, 1.54) is 12.1 Å². The minimum atomic E-state index is -3.02. The Morgan fingerprint density at radius 2 is 2.03 bits per heavy atom. The molecule has 2 aliphatic rings. The van der Waals surface area contributed by atoms with Crippen LogP contribution in [0.2, 0.25) is 0 Å². The normalized spacial score (nSPS) is 20.4. The van der Waals surface area contributed by atoms with Gasteiger partial charge in [-0.25, -0.2) is 0 Å². The van der Waals surface area contributed by atoms with Crippen molar-refractivity contribution in [3.05, 3.63) is 59.9 Å². The van der Waals surface area contributed by atoms with Crippen LogP contribution in [0.5, 0.6) is 5.75 Å². The summed E-state index contributed by atoms with van der Waals surface area (Å²) < 4.78 is 35.9. The first-order valence-corrected chi connectivity index (χ1v) is 11.6. The molecule has 0 spiro atoms. The lowest BCUT2D eigenvalue weighted by Gasteiger charge is -2.36. The molecule has 0 radical (unpaired) electrons. The Kier molecular flexibility index (Phi) is 8.05. The van der Waals surface area contributed by atoms with Crippen molar-refractivity contribution in [2.24, 2.45) is 5.92 Å². The second-order valence-electron chi connectivity index (χ2n) is 8.68. The summed E-state index contributed by atoms with van der Waals surface area (Å²) >= 11 is 0. The number of hydrogen-bond acceptors (Lipinski definition) is 5. The molecule has 0 bridgehead atoms. The van der Waals surface area contributed by atoms with E-state index in [1.807, 2.05) is 12.1 Å². The molecule has 2 aromatic rings. The Bertz CT molecular complexity index is 970. The lowest BCUT2D eigenvalue weighted by Crippen LogP contribution is -2.48. The van der Waals surface area contributed by atoms with E-state index < -0.39 is 12.5 Å². The van der Waals surface area contributed by atoms with Gasteiger partial charge in [-0.05, 0) is 49.4 Å².